The van der Waals surface area contributed by atoms with Crippen LogP contribution in [-0.4, -0.2) is 29.6 Å². The number of hydrogen-bond acceptors (Lipinski definition) is 4. The third kappa shape index (κ3) is 2.41. The lowest BCUT2D eigenvalue weighted by molar-refractivity contribution is -0.165. The highest BCUT2D eigenvalue weighted by Gasteiger charge is 2.47. The molecular weight excluding hydrogens is 282 g/mol. The van der Waals surface area contributed by atoms with E-state index in [1.807, 2.05) is 12.1 Å². The molecule has 5 nitrogen and oxygen atoms in total. The summed E-state index contributed by atoms with van der Waals surface area (Å²) in [6.45, 7) is -0.265. The van der Waals surface area contributed by atoms with Crippen LogP contribution in [0, 0.1) is 0 Å². The monoisotopic (exact) mass is 297 g/mol. The van der Waals surface area contributed by atoms with Gasteiger partial charge in [-0.2, -0.15) is 0 Å². The summed E-state index contributed by atoms with van der Waals surface area (Å²) in [5, 5.41) is 13.5. The van der Waals surface area contributed by atoms with E-state index in [4.69, 9.17) is 4.74 Å². The van der Waals surface area contributed by atoms with E-state index in [1.165, 1.54) is 0 Å². The van der Waals surface area contributed by atoms with Crippen LogP contribution in [0.25, 0.3) is 0 Å². The van der Waals surface area contributed by atoms with Gasteiger partial charge in [-0.1, -0.05) is 60.7 Å². The molecule has 2 N–H and O–H groups in total. The van der Waals surface area contributed by atoms with Gasteiger partial charge in [-0.05, 0) is 11.1 Å². The van der Waals surface area contributed by atoms with E-state index < -0.39 is 23.5 Å². The van der Waals surface area contributed by atoms with Crippen LogP contribution in [0.15, 0.2) is 60.7 Å². The number of imide groups is 1. The molecule has 2 aromatic rings. The molecular formula is C17H15NO4. The molecule has 0 spiro atoms. The van der Waals surface area contributed by atoms with Gasteiger partial charge in [-0.25, -0.2) is 0 Å². The van der Waals surface area contributed by atoms with Gasteiger partial charge in [-0.3, -0.25) is 14.9 Å². The van der Waals surface area contributed by atoms with Crippen molar-refractivity contribution in [2.75, 3.05) is 6.61 Å². The first kappa shape index (κ1) is 14.4. The van der Waals surface area contributed by atoms with Crippen molar-refractivity contribution in [2.24, 2.45) is 0 Å². The number of hydrogen-bond donors (Lipinski definition) is 2. The Kier molecular flexibility index (Phi) is 3.75. The molecule has 1 saturated heterocycles. The average Bonchev–Trinajstić information content (AvgIpc) is 2.56. The molecule has 22 heavy (non-hydrogen) atoms. The number of amides is 2. The third-order valence-electron chi connectivity index (χ3n) is 3.69. The van der Waals surface area contributed by atoms with Gasteiger partial charge in [0.05, 0.1) is 0 Å². The van der Waals surface area contributed by atoms with Crippen molar-refractivity contribution >= 4 is 11.8 Å². The van der Waals surface area contributed by atoms with Gasteiger partial charge in [0.15, 0.2) is 6.10 Å². The third-order valence-corrected chi connectivity index (χ3v) is 3.69. The summed E-state index contributed by atoms with van der Waals surface area (Å²) in [4.78, 5) is 23.5. The molecule has 0 aliphatic carbocycles. The first-order valence-electron chi connectivity index (χ1n) is 6.91. The molecule has 1 aliphatic heterocycles. The first-order valence-corrected chi connectivity index (χ1v) is 6.91. The number of rotatable bonds is 3. The molecule has 2 aromatic carbocycles. The van der Waals surface area contributed by atoms with Crippen molar-refractivity contribution in [3.05, 3.63) is 71.8 Å². The molecule has 0 unspecified atom stereocenters. The van der Waals surface area contributed by atoms with Gasteiger partial charge in [0.25, 0.3) is 11.8 Å². The second-order valence-corrected chi connectivity index (χ2v) is 5.10. The van der Waals surface area contributed by atoms with Crippen molar-refractivity contribution < 1.29 is 19.4 Å². The number of aliphatic hydroxyl groups is 1. The average molecular weight is 297 g/mol. The van der Waals surface area contributed by atoms with Crippen molar-refractivity contribution in [2.45, 2.75) is 11.7 Å². The van der Waals surface area contributed by atoms with E-state index in [1.54, 1.807) is 48.5 Å². The predicted octanol–water partition coefficient (Wildman–Crippen LogP) is 0.964. The summed E-state index contributed by atoms with van der Waals surface area (Å²) in [6.07, 6.45) is -1.20. The Hall–Kier alpha value is -2.50. The fraction of sp³-hybridized carbons (Fsp3) is 0.176. The van der Waals surface area contributed by atoms with Crippen LogP contribution in [-0.2, 0) is 19.9 Å². The van der Waals surface area contributed by atoms with Crippen LogP contribution in [0.5, 0.6) is 0 Å². The van der Waals surface area contributed by atoms with E-state index in [-0.39, 0.29) is 6.61 Å². The zero-order chi connectivity index (χ0) is 15.6. The minimum atomic E-state index is -1.67. The molecule has 2 amide bonds. The number of carbonyl (C=O) groups is 2. The Morgan fingerprint density at radius 2 is 1.45 bits per heavy atom. The van der Waals surface area contributed by atoms with E-state index in [9.17, 15) is 14.7 Å². The molecule has 0 radical (unpaired) electrons. The first-order chi connectivity index (χ1) is 10.6. The van der Waals surface area contributed by atoms with Crippen molar-refractivity contribution in [1.29, 1.82) is 0 Å². The van der Waals surface area contributed by atoms with Crippen LogP contribution in [0.3, 0.4) is 0 Å². The molecule has 1 aliphatic rings. The summed E-state index contributed by atoms with van der Waals surface area (Å²) in [6, 6.07) is 17.6. The molecule has 0 saturated carbocycles. The zero-order valence-corrected chi connectivity index (χ0v) is 11.7. The molecule has 5 heteroatoms. The summed E-state index contributed by atoms with van der Waals surface area (Å²) < 4.78 is 5.36. The summed E-state index contributed by atoms with van der Waals surface area (Å²) in [5.74, 6) is -1.16. The van der Waals surface area contributed by atoms with Gasteiger partial charge in [0.1, 0.15) is 12.2 Å². The molecule has 112 valence electrons. The van der Waals surface area contributed by atoms with Crippen molar-refractivity contribution in [3.8, 4) is 0 Å². The van der Waals surface area contributed by atoms with Crippen LogP contribution in [0.2, 0.25) is 0 Å². The highest BCUT2D eigenvalue weighted by molar-refractivity contribution is 6.00. The molecule has 3 rings (SSSR count). The van der Waals surface area contributed by atoms with E-state index in [2.05, 4.69) is 5.32 Å². The zero-order valence-electron chi connectivity index (χ0n) is 11.7. The summed E-state index contributed by atoms with van der Waals surface area (Å²) in [7, 11) is 0. The van der Waals surface area contributed by atoms with Gasteiger partial charge in [-0.15, -0.1) is 0 Å². The predicted molar refractivity (Wildman–Crippen MR) is 78.8 cm³/mol. The topological polar surface area (TPSA) is 75.6 Å². The van der Waals surface area contributed by atoms with Crippen LogP contribution < -0.4 is 5.32 Å². The van der Waals surface area contributed by atoms with Crippen LogP contribution in [0.1, 0.15) is 11.1 Å². The normalized spacial score (nSPS) is 18.9. The van der Waals surface area contributed by atoms with Crippen LogP contribution >= 0.6 is 0 Å². The lowest BCUT2D eigenvalue weighted by Crippen LogP contribution is -2.57. The van der Waals surface area contributed by atoms with Gasteiger partial charge >= 0.3 is 0 Å². The Morgan fingerprint density at radius 3 is 1.91 bits per heavy atom. The smallest absolute Gasteiger partial charge is 0.259 e. The lowest BCUT2D eigenvalue weighted by atomic mass is 9.81. The minimum absolute atomic E-state index is 0.265. The van der Waals surface area contributed by atoms with Gasteiger partial charge in [0.2, 0.25) is 0 Å². The number of morpholine rings is 1. The fourth-order valence-electron chi connectivity index (χ4n) is 2.64. The van der Waals surface area contributed by atoms with Crippen LogP contribution in [0.4, 0.5) is 0 Å². The Balaban J connectivity index is 2.12. The second kappa shape index (κ2) is 5.71. The summed E-state index contributed by atoms with van der Waals surface area (Å²) in [5.41, 5.74) is -0.626. The fourth-order valence-corrected chi connectivity index (χ4v) is 2.64. The lowest BCUT2D eigenvalue weighted by Gasteiger charge is -2.37. The maximum absolute atomic E-state index is 12.2. The Labute approximate surface area is 127 Å². The summed E-state index contributed by atoms with van der Waals surface area (Å²) >= 11 is 0. The van der Waals surface area contributed by atoms with Gasteiger partial charge in [0, 0.05) is 0 Å². The Morgan fingerprint density at radius 1 is 0.955 bits per heavy atom. The highest BCUT2D eigenvalue weighted by Crippen LogP contribution is 2.35. The minimum Gasteiger partial charge on any atom is -0.377 e. The van der Waals surface area contributed by atoms with E-state index in [0.29, 0.717) is 11.1 Å². The molecule has 0 aromatic heterocycles. The molecule has 1 fully saturated rings. The van der Waals surface area contributed by atoms with E-state index >= 15 is 0 Å². The number of nitrogens with one attached hydrogen (secondary N) is 1. The number of benzene rings is 2. The van der Waals surface area contributed by atoms with Crippen molar-refractivity contribution in [3.63, 3.8) is 0 Å². The number of carbonyl (C=O) groups excluding carboxylic acids is 2. The largest absolute Gasteiger partial charge is 0.377 e. The molecule has 0 bridgehead atoms. The SMILES string of the molecule is O=C1CO[C@@H](C(O)(c2ccccc2)c2ccccc2)C(=O)N1. The van der Waals surface area contributed by atoms with E-state index in [0.717, 1.165) is 0 Å². The molecule has 1 heterocycles. The van der Waals surface area contributed by atoms with Gasteiger partial charge < -0.3 is 9.84 Å². The van der Waals surface area contributed by atoms with Crippen molar-refractivity contribution in [1.82, 2.24) is 5.32 Å². The Bertz CT molecular complexity index is 645. The highest BCUT2D eigenvalue weighted by atomic mass is 16.5. The quantitative estimate of drug-likeness (QED) is 0.828. The number of ether oxygens (including phenoxy) is 1. The molecule has 1 atom stereocenters. The maximum Gasteiger partial charge on any atom is 0.259 e. The standard InChI is InChI=1S/C17H15NO4/c19-14-11-22-15(16(20)18-14)17(21,12-7-3-1-4-8-12)13-9-5-2-6-10-13/h1-10,15,21H,11H2,(H,18,19,20)/t15-/m1/s1. The maximum atomic E-state index is 12.2. The second-order valence-electron chi connectivity index (χ2n) is 5.10.